The highest BCUT2D eigenvalue weighted by Gasteiger charge is 2.27. The lowest BCUT2D eigenvalue weighted by atomic mass is 10.1. The van der Waals surface area contributed by atoms with Crippen LogP contribution in [0.15, 0.2) is 60.7 Å². The summed E-state index contributed by atoms with van der Waals surface area (Å²) in [4.78, 5) is 36.9. The fraction of sp³-hybridized carbons (Fsp3) is 0.348. The summed E-state index contributed by atoms with van der Waals surface area (Å²) in [6, 6.07) is 17.5. The number of nitrogens with one attached hydrogen (secondary N) is 2. The van der Waals surface area contributed by atoms with E-state index < -0.39 is 24.2 Å². The zero-order chi connectivity index (χ0) is 21.8. The number of alkyl carbamates (subject to hydrolysis) is 1. The number of ether oxygens (including phenoxy) is 2. The molecular formula is C23H28N2O5. The van der Waals surface area contributed by atoms with Crippen molar-refractivity contribution in [3.63, 3.8) is 0 Å². The van der Waals surface area contributed by atoms with Crippen LogP contribution < -0.4 is 10.6 Å². The normalized spacial score (nSPS) is 12.3. The van der Waals surface area contributed by atoms with E-state index in [0.29, 0.717) is 6.54 Å². The summed E-state index contributed by atoms with van der Waals surface area (Å²) in [7, 11) is 0. The predicted molar refractivity (Wildman–Crippen MR) is 113 cm³/mol. The van der Waals surface area contributed by atoms with Crippen LogP contribution in [-0.2, 0) is 32.1 Å². The quantitative estimate of drug-likeness (QED) is 0.585. The second kappa shape index (κ2) is 12.3. The molecule has 0 fully saturated rings. The van der Waals surface area contributed by atoms with Crippen molar-refractivity contribution in [2.45, 2.75) is 45.4 Å². The van der Waals surface area contributed by atoms with Crippen LogP contribution in [0.25, 0.3) is 0 Å². The van der Waals surface area contributed by atoms with Crippen LogP contribution >= 0.6 is 0 Å². The smallest absolute Gasteiger partial charge is 0.408 e. The van der Waals surface area contributed by atoms with E-state index in [-0.39, 0.29) is 18.9 Å². The monoisotopic (exact) mass is 412 g/mol. The van der Waals surface area contributed by atoms with E-state index in [1.165, 1.54) is 6.92 Å². The SMILES string of the molecule is CCCNC(=O)C(C)OC(=O)[C@H](Cc1ccccc1)NC(=O)OCc1ccccc1. The maximum absolute atomic E-state index is 12.7. The standard InChI is InChI=1S/C23H28N2O5/c1-3-14-24-21(26)17(2)30-22(27)20(15-18-10-6-4-7-11-18)25-23(28)29-16-19-12-8-5-9-13-19/h4-13,17,20H,3,14-16H2,1-2H3,(H,24,26)(H,25,28)/t17?,20-/m0/s1. The lowest BCUT2D eigenvalue weighted by molar-refractivity contribution is -0.156. The molecule has 0 aliphatic carbocycles. The fourth-order valence-electron chi connectivity index (χ4n) is 2.65. The third kappa shape index (κ3) is 7.95. The minimum atomic E-state index is -0.989. The first kappa shape index (κ1) is 22.9. The summed E-state index contributed by atoms with van der Waals surface area (Å²) >= 11 is 0. The van der Waals surface area contributed by atoms with E-state index in [4.69, 9.17) is 9.47 Å². The lowest BCUT2D eigenvalue weighted by Crippen LogP contribution is -2.46. The van der Waals surface area contributed by atoms with Gasteiger partial charge in [-0.3, -0.25) is 4.79 Å². The van der Waals surface area contributed by atoms with Gasteiger partial charge in [0.25, 0.3) is 5.91 Å². The van der Waals surface area contributed by atoms with E-state index in [1.54, 1.807) is 0 Å². The summed E-state index contributed by atoms with van der Waals surface area (Å²) in [5.74, 6) is -1.08. The summed E-state index contributed by atoms with van der Waals surface area (Å²) in [6.07, 6.45) is -0.717. The molecule has 2 amide bonds. The molecule has 0 saturated carbocycles. The first-order valence-electron chi connectivity index (χ1n) is 9.99. The molecule has 0 saturated heterocycles. The number of hydrogen-bond acceptors (Lipinski definition) is 5. The fourth-order valence-corrected chi connectivity index (χ4v) is 2.65. The third-order valence-corrected chi connectivity index (χ3v) is 4.28. The van der Waals surface area contributed by atoms with Gasteiger partial charge < -0.3 is 20.1 Å². The van der Waals surface area contributed by atoms with Gasteiger partial charge in [0.15, 0.2) is 6.10 Å². The van der Waals surface area contributed by atoms with Gasteiger partial charge in [-0.15, -0.1) is 0 Å². The number of benzene rings is 2. The Morgan fingerprint density at radius 1 is 0.933 bits per heavy atom. The molecule has 2 rings (SSSR count). The lowest BCUT2D eigenvalue weighted by Gasteiger charge is -2.20. The number of hydrogen-bond donors (Lipinski definition) is 2. The largest absolute Gasteiger partial charge is 0.451 e. The van der Waals surface area contributed by atoms with Crippen LogP contribution in [0.5, 0.6) is 0 Å². The minimum Gasteiger partial charge on any atom is -0.451 e. The van der Waals surface area contributed by atoms with E-state index in [9.17, 15) is 14.4 Å². The molecule has 2 aromatic carbocycles. The average molecular weight is 412 g/mol. The summed E-state index contributed by atoms with van der Waals surface area (Å²) in [6.45, 7) is 4.00. The Morgan fingerprint density at radius 3 is 2.13 bits per heavy atom. The van der Waals surface area contributed by atoms with Crippen molar-refractivity contribution in [3.05, 3.63) is 71.8 Å². The molecule has 2 aromatic rings. The number of rotatable bonds is 10. The molecule has 2 N–H and O–H groups in total. The van der Waals surface area contributed by atoms with Gasteiger partial charge in [0.05, 0.1) is 0 Å². The minimum absolute atomic E-state index is 0.0790. The van der Waals surface area contributed by atoms with Gasteiger partial charge in [-0.1, -0.05) is 67.6 Å². The summed E-state index contributed by atoms with van der Waals surface area (Å²) < 4.78 is 10.5. The van der Waals surface area contributed by atoms with Crippen LogP contribution in [0.1, 0.15) is 31.4 Å². The highest BCUT2D eigenvalue weighted by molar-refractivity contribution is 5.86. The van der Waals surface area contributed by atoms with Gasteiger partial charge in [-0.2, -0.15) is 0 Å². The Hall–Kier alpha value is -3.35. The highest BCUT2D eigenvalue weighted by Crippen LogP contribution is 2.08. The molecule has 7 heteroatoms. The Kier molecular flexibility index (Phi) is 9.37. The summed E-state index contributed by atoms with van der Waals surface area (Å²) in [5, 5.41) is 5.23. The Morgan fingerprint density at radius 2 is 1.53 bits per heavy atom. The molecule has 0 aromatic heterocycles. The van der Waals surface area contributed by atoms with Crippen molar-refractivity contribution in [3.8, 4) is 0 Å². The number of amides is 2. The van der Waals surface area contributed by atoms with Crippen LogP contribution in [0.3, 0.4) is 0 Å². The number of carbonyl (C=O) groups excluding carboxylic acids is 3. The van der Waals surface area contributed by atoms with Gasteiger partial charge in [0.1, 0.15) is 12.6 Å². The Balaban J connectivity index is 1.99. The van der Waals surface area contributed by atoms with Crippen molar-refractivity contribution >= 4 is 18.0 Å². The molecule has 0 bridgehead atoms. The van der Waals surface area contributed by atoms with Crippen molar-refractivity contribution in [2.24, 2.45) is 0 Å². The van der Waals surface area contributed by atoms with Crippen LogP contribution in [0, 0.1) is 0 Å². The molecule has 0 heterocycles. The maximum Gasteiger partial charge on any atom is 0.408 e. The zero-order valence-corrected chi connectivity index (χ0v) is 17.3. The molecular weight excluding hydrogens is 384 g/mol. The first-order valence-corrected chi connectivity index (χ1v) is 9.99. The van der Waals surface area contributed by atoms with Gasteiger partial charge in [0, 0.05) is 13.0 Å². The third-order valence-electron chi connectivity index (χ3n) is 4.28. The number of carbonyl (C=O) groups is 3. The highest BCUT2D eigenvalue weighted by atomic mass is 16.6. The number of esters is 1. The molecule has 160 valence electrons. The van der Waals surface area contributed by atoms with Gasteiger partial charge >= 0.3 is 12.1 Å². The van der Waals surface area contributed by atoms with Crippen molar-refractivity contribution in [1.29, 1.82) is 0 Å². The second-order valence-electron chi connectivity index (χ2n) is 6.82. The van der Waals surface area contributed by atoms with Gasteiger partial charge in [-0.25, -0.2) is 9.59 Å². The Labute approximate surface area is 176 Å². The molecule has 2 atom stereocenters. The predicted octanol–water partition coefficient (Wildman–Crippen LogP) is 2.98. The van der Waals surface area contributed by atoms with Gasteiger partial charge in [-0.05, 0) is 24.5 Å². The molecule has 30 heavy (non-hydrogen) atoms. The first-order chi connectivity index (χ1) is 14.5. The van der Waals surface area contributed by atoms with E-state index in [0.717, 1.165) is 17.5 Å². The molecule has 0 aliphatic heterocycles. The van der Waals surface area contributed by atoms with Crippen molar-refractivity contribution in [2.75, 3.05) is 6.54 Å². The molecule has 0 aliphatic rings. The molecule has 0 spiro atoms. The average Bonchev–Trinajstić information content (AvgIpc) is 2.77. The van der Waals surface area contributed by atoms with Gasteiger partial charge in [0.2, 0.25) is 0 Å². The van der Waals surface area contributed by atoms with E-state index >= 15 is 0 Å². The molecule has 0 radical (unpaired) electrons. The molecule has 1 unspecified atom stereocenters. The van der Waals surface area contributed by atoms with Crippen LogP contribution in [0.2, 0.25) is 0 Å². The van der Waals surface area contributed by atoms with E-state index in [1.807, 2.05) is 67.6 Å². The van der Waals surface area contributed by atoms with Crippen molar-refractivity contribution < 1.29 is 23.9 Å². The van der Waals surface area contributed by atoms with E-state index in [2.05, 4.69) is 10.6 Å². The topological polar surface area (TPSA) is 93.7 Å². The zero-order valence-electron chi connectivity index (χ0n) is 17.3. The Bertz CT molecular complexity index is 811. The van der Waals surface area contributed by atoms with Crippen LogP contribution in [0.4, 0.5) is 4.79 Å². The maximum atomic E-state index is 12.7. The summed E-state index contributed by atoms with van der Waals surface area (Å²) in [5.41, 5.74) is 1.67. The van der Waals surface area contributed by atoms with Crippen molar-refractivity contribution in [1.82, 2.24) is 10.6 Å². The second-order valence-corrected chi connectivity index (χ2v) is 6.82. The van der Waals surface area contributed by atoms with Crippen LogP contribution in [-0.4, -0.2) is 36.7 Å². The molecule has 7 nitrogen and oxygen atoms in total.